The quantitative estimate of drug-likeness (QED) is 0.461. The largest absolute Gasteiger partial charge is 0.506 e. The lowest BCUT2D eigenvalue weighted by Gasteiger charge is -2.16. The maximum Gasteiger partial charge on any atom is 0.243 e. The summed E-state index contributed by atoms with van der Waals surface area (Å²) in [4.78, 5) is 0. The molecule has 0 aliphatic heterocycles. The molecule has 0 saturated carbocycles. The second-order valence-electron chi connectivity index (χ2n) is 4.49. The summed E-state index contributed by atoms with van der Waals surface area (Å²) in [6, 6.07) is 4.67. The molecule has 0 radical (unpaired) electrons. The number of nitrogens with zero attached hydrogens (tertiary/aromatic N) is 1. The summed E-state index contributed by atoms with van der Waals surface area (Å²) < 4.78 is 33.1. The van der Waals surface area contributed by atoms with Gasteiger partial charge in [-0.25, -0.2) is 0 Å². The van der Waals surface area contributed by atoms with E-state index < -0.39 is 13.1 Å². The molecule has 126 valence electrons. The van der Waals surface area contributed by atoms with Gasteiger partial charge in [0, 0.05) is 12.2 Å². The van der Waals surface area contributed by atoms with Gasteiger partial charge >= 0.3 is 0 Å². The number of hydrogen-bond donors (Lipinski definition) is 1. The lowest BCUT2D eigenvalue weighted by atomic mass is 10.1. The summed E-state index contributed by atoms with van der Waals surface area (Å²) in [5.74, 6) is 0.488. The monoisotopic (exact) mass is 341 g/mol. The number of benzene rings is 1. The third kappa shape index (κ3) is 3.98. The Bertz CT molecular complexity index is 667. The molecule has 0 aliphatic carbocycles. The molecule has 0 spiro atoms. The number of rotatable bonds is 7. The van der Waals surface area contributed by atoms with Crippen LogP contribution in [-0.4, -0.2) is 39.7 Å². The molecule has 1 rings (SSSR count). The zero-order chi connectivity index (χ0) is 17.6. The van der Waals surface area contributed by atoms with Crippen molar-refractivity contribution in [3.63, 3.8) is 0 Å². The molecule has 7 nitrogen and oxygen atoms in total. The van der Waals surface area contributed by atoms with Gasteiger partial charge in [-0.05, 0) is 19.1 Å². The third-order valence-corrected chi connectivity index (χ3v) is 4.93. The van der Waals surface area contributed by atoms with Crippen molar-refractivity contribution in [2.45, 2.75) is 6.92 Å². The normalized spacial score (nSPS) is 14.3. The van der Waals surface area contributed by atoms with Crippen LogP contribution in [0.25, 0.3) is 5.76 Å². The van der Waals surface area contributed by atoms with Gasteiger partial charge in [0.25, 0.3) is 0 Å². The fourth-order valence-electron chi connectivity index (χ4n) is 2.00. The van der Waals surface area contributed by atoms with Crippen LogP contribution in [0.4, 0.5) is 0 Å². The van der Waals surface area contributed by atoms with E-state index >= 15 is 0 Å². The molecule has 1 N–H and O–H groups in total. The molecule has 0 unspecified atom stereocenters. The minimum atomic E-state index is -3.43. The van der Waals surface area contributed by atoms with Gasteiger partial charge in [0.2, 0.25) is 13.1 Å². The summed E-state index contributed by atoms with van der Waals surface area (Å²) in [7, 11) is 0.873. The molecule has 0 saturated heterocycles. The van der Waals surface area contributed by atoms with Crippen LogP contribution in [-0.2, 0) is 9.09 Å². The van der Waals surface area contributed by atoms with Gasteiger partial charge < -0.3 is 23.8 Å². The van der Waals surface area contributed by atoms with E-state index in [-0.39, 0.29) is 17.5 Å². The van der Waals surface area contributed by atoms with Gasteiger partial charge in [-0.3, -0.25) is 4.57 Å². The number of methoxy groups -OCH3 is 3. The molecular weight excluding hydrogens is 321 g/mol. The molecule has 0 amide bonds. The van der Waals surface area contributed by atoms with Crippen LogP contribution < -0.4 is 14.2 Å². The Morgan fingerprint density at radius 2 is 1.74 bits per heavy atom. The van der Waals surface area contributed by atoms with E-state index in [1.165, 1.54) is 40.1 Å². The van der Waals surface area contributed by atoms with Crippen molar-refractivity contribution in [2.75, 3.05) is 34.6 Å². The van der Waals surface area contributed by atoms with Crippen molar-refractivity contribution in [3.8, 4) is 23.3 Å². The van der Waals surface area contributed by atoms with Gasteiger partial charge in [-0.15, -0.1) is 0 Å². The van der Waals surface area contributed by atoms with Gasteiger partial charge in [0.05, 0.1) is 27.9 Å². The predicted molar refractivity (Wildman–Crippen MR) is 86.4 cm³/mol. The minimum absolute atomic E-state index is 0.154. The van der Waals surface area contributed by atoms with Gasteiger partial charge in [-0.2, -0.15) is 5.26 Å². The van der Waals surface area contributed by atoms with E-state index in [4.69, 9.17) is 18.7 Å². The average molecular weight is 341 g/mol. The van der Waals surface area contributed by atoms with Crippen LogP contribution in [0.3, 0.4) is 0 Å². The highest BCUT2D eigenvalue weighted by Crippen LogP contribution is 2.53. The fourth-order valence-corrected chi connectivity index (χ4v) is 3.32. The van der Waals surface area contributed by atoms with Crippen molar-refractivity contribution in [1.82, 2.24) is 0 Å². The molecule has 1 aromatic carbocycles. The van der Waals surface area contributed by atoms with E-state index in [0.29, 0.717) is 17.2 Å². The molecule has 0 heterocycles. The van der Waals surface area contributed by atoms with Crippen molar-refractivity contribution in [1.29, 1.82) is 5.26 Å². The summed E-state index contributed by atoms with van der Waals surface area (Å²) in [6.45, 7) is 3.09. The smallest absolute Gasteiger partial charge is 0.243 e. The van der Waals surface area contributed by atoms with Crippen molar-refractivity contribution < 1.29 is 28.4 Å². The molecule has 1 aromatic rings. The Hall–Kier alpha value is -2.16. The SMILES string of the molecule is CCO[P@@](C)(=O)/C(C#N)=C(\O)c1cc(OC)c(OC)c(OC)c1. The molecule has 8 heteroatoms. The molecule has 0 bridgehead atoms. The molecule has 0 fully saturated rings. The number of ether oxygens (including phenoxy) is 3. The van der Waals surface area contributed by atoms with E-state index in [9.17, 15) is 14.9 Å². The van der Waals surface area contributed by atoms with Crippen molar-refractivity contribution >= 4 is 13.1 Å². The van der Waals surface area contributed by atoms with Gasteiger partial charge in [0.15, 0.2) is 16.8 Å². The first-order valence-electron chi connectivity index (χ1n) is 6.72. The lowest BCUT2D eigenvalue weighted by Crippen LogP contribution is -1.99. The topological polar surface area (TPSA) is 98.0 Å². The van der Waals surface area contributed by atoms with Crippen LogP contribution in [0.5, 0.6) is 17.2 Å². The van der Waals surface area contributed by atoms with Crippen LogP contribution in [0, 0.1) is 11.3 Å². The first-order chi connectivity index (χ1) is 10.9. The standard InChI is InChI=1S/C15H20NO6P/c1-6-22-23(5,18)13(9-16)14(17)10-7-11(19-2)15(21-4)12(8-10)20-3/h7-8,17H,6H2,1-5H3/b14-13-/t23-/m1/s1. The molecule has 23 heavy (non-hydrogen) atoms. The molecule has 0 aromatic heterocycles. The summed E-state index contributed by atoms with van der Waals surface area (Å²) in [6.07, 6.45) is 0. The maximum absolute atomic E-state index is 12.4. The number of aliphatic hydroxyl groups is 1. The Morgan fingerprint density at radius 3 is 2.09 bits per heavy atom. The first kappa shape index (κ1) is 18.9. The summed E-state index contributed by atoms with van der Waals surface area (Å²) >= 11 is 0. The fraction of sp³-hybridized carbons (Fsp3) is 0.400. The summed E-state index contributed by atoms with van der Waals surface area (Å²) in [5.41, 5.74) is 0.206. The van der Waals surface area contributed by atoms with Crippen LogP contribution in [0.1, 0.15) is 12.5 Å². The van der Waals surface area contributed by atoms with E-state index in [1.807, 2.05) is 0 Å². The van der Waals surface area contributed by atoms with Crippen LogP contribution >= 0.6 is 7.37 Å². The average Bonchev–Trinajstić information content (AvgIpc) is 2.53. The van der Waals surface area contributed by atoms with Gasteiger partial charge in [-0.1, -0.05) is 0 Å². The molecule has 0 aliphatic rings. The second-order valence-corrected chi connectivity index (χ2v) is 6.88. The Kier molecular flexibility index (Phi) is 6.49. The minimum Gasteiger partial charge on any atom is -0.506 e. The Balaban J connectivity index is 3.59. The zero-order valence-electron chi connectivity index (χ0n) is 13.7. The number of nitriles is 1. The lowest BCUT2D eigenvalue weighted by molar-refractivity contribution is 0.324. The third-order valence-electron chi connectivity index (χ3n) is 3.05. The highest BCUT2D eigenvalue weighted by atomic mass is 31.2. The molecular formula is C15H20NO6P. The highest BCUT2D eigenvalue weighted by Gasteiger charge is 2.28. The zero-order valence-corrected chi connectivity index (χ0v) is 14.6. The van der Waals surface area contributed by atoms with Crippen LogP contribution in [0.2, 0.25) is 0 Å². The highest BCUT2D eigenvalue weighted by molar-refractivity contribution is 7.63. The Labute approximate surface area is 135 Å². The predicted octanol–water partition coefficient (Wildman–Crippen LogP) is 3.41. The number of allylic oxidation sites excluding steroid dienone is 1. The maximum atomic E-state index is 12.4. The van der Waals surface area contributed by atoms with E-state index in [0.717, 1.165) is 0 Å². The second kappa shape index (κ2) is 7.91. The van der Waals surface area contributed by atoms with Gasteiger partial charge in [0.1, 0.15) is 11.8 Å². The number of hydrogen-bond acceptors (Lipinski definition) is 7. The van der Waals surface area contributed by atoms with E-state index in [2.05, 4.69) is 0 Å². The summed E-state index contributed by atoms with van der Waals surface area (Å²) in [5, 5.41) is 19.3. The van der Waals surface area contributed by atoms with Crippen LogP contribution in [0.15, 0.2) is 17.4 Å². The first-order valence-corrected chi connectivity index (χ1v) is 8.79. The van der Waals surface area contributed by atoms with Crippen molar-refractivity contribution in [2.24, 2.45) is 0 Å². The molecule has 1 atom stereocenters. The van der Waals surface area contributed by atoms with E-state index in [1.54, 1.807) is 13.0 Å². The van der Waals surface area contributed by atoms with Crippen molar-refractivity contribution in [3.05, 3.63) is 23.0 Å². The Morgan fingerprint density at radius 1 is 1.22 bits per heavy atom. The number of aliphatic hydroxyl groups excluding tert-OH is 1.